The van der Waals surface area contributed by atoms with Gasteiger partial charge in [0.05, 0.1) is 6.10 Å². The number of aliphatic hydroxyl groups is 1. The highest BCUT2D eigenvalue weighted by molar-refractivity contribution is 5.73. The van der Waals surface area contributed by atoms with E-state index in [1.807, 2.05) is 6.92 Å². The van der Waals surface area contributed by atoms with Gasteiger partial charge in [0.2, 0.25) is 5.91 Å². The van der Waals surface area contributed by atoms with Crippen molar-refractivity contribution in [3.05, 3.63) is 0 Å². The van der Waals surface area contributed by atoms with Gasteiger partial charge in [0.25, 0.3) is 0 Å². The van der Waals surface area contributed by atoms with Gasteiger partial charge in [-0.05, 0) is 19.4 Å². The van der Waals surface area contributed by atoms with E-state index in [2.05, 4.69) is 5.32 Å². The third kappa shape index (κ3) is 7.50. The number of amides is 1. The maximum absolute atomic E-state index is 10.3. The number of aliphatic hydroxyl groups excluding tert-OH is 1. The molecule has 1 unspecified atom stereocenters. The average Bonchev–Trinajstić information content (AvgIpc) is 2.03. The minimum atomic E-state index is -0.279. The lowest BCUT2D eigenvalue weighted by atomic mass is 10.2. The molecule has 0 fully saturated rings. The molecule has 12 heavy (non-hydrogen) atoms. The molecule has 4 heteroatoms. The van der Waals surface area contributed by atoms with Gasteiger partial charge in [-0.3, -0.25) is 4.79 Å². The Bertz CT molecular complexity index is 128. The molecule has 0 rings (SSSR count). The maximum atomic E-state index is 10.3. The number of carbonyl (C=O) groups excluding carboxylic acids is 1. The van der Waals surface area contributed by atoms with Gasteiger partial charge >= 0.3 is 0 Å². The Labute approximate surface area is 73.1 Å². The van der Waals surface area contributed by atoms with Crippen molar-refractivity contribution in [2.24, 2.45) is 5.73 Å². The van der Waals surface area contributed by atoms with Crippen LogP contribution in [0, 0.1) is 0 Å². The topological polar surface area (TPSA) is 75.3 Å². The summed E-state index contributed by atoms with van der Waals surface area (Å²) >= 11 is 0. The van der Waals surface area contributed by atoms with Crippen molar-refractivity contribution in [2.75, 3.05) is 13.1 Å². The second-order valence-corrected chi connectivity index (χ2v) is 2.84. The number of carbonyl (C=O) groups is 1. The minimum Gasteiger partial charge on any atom is -0.392 e. The summed E-state index contributed by atoms with van der Waals surface area (Å²) in [6.45, 7) is 3.25. The highest BCUT2D eigenvalue weighted by Crippen LogP contribution is 1.88. The predicted octanol–water partition coefficient (Wildman–Crippen LogP) is -0.388. The SMILES string of the molecule is CCC(O)CNCCCC(N)=O. The van der Waals surface area contributed by atoms with E-state index in [0.717, 1.165) is 19.4 Å². The van der Waals surface area contributed by atoms with Gasteiger partial charge < -0.3 is 16.2 Å². The van der Waals surface area contributed by atoms with Crippen LogP contribution in [0.25, 0.3) is 0 Å². The van der Waals surface area contributed by atoms with Crippen LogP contribution >= 0.6 is 0 Å². The molecule has 1 atom stereocenters. The first-order valence-electron chi connectivity index (χ1n) is 4.34. The van der Waals surface area contributed by atoms with E-state index < -0.39 is 0 Å². The maximum Gasteiger partial charge on any atom is 0.217 e. The molecule has 0 saturated heterocycles. The summed E-state index contributed by atoms with van der Waals surface area (Å²) in [4.78, 5) is 10.3. The summed E-state index contributed by atoms with van der Waals surface area (Å²) in [6, 6.07) is 0. The third-order valence-corrected chi connectivity index (χ3v) is 1.63. The Balaban J connectivity index is 3.05. The monoisotopic (exact) mass is 174 g/mol. The highest BCUT2D eigenvalue weighted by Gasteiger charge is 1.99. The Kier molecular flexibility index (Phi) is 6.70. The Morgan fingerprint density at radius 2 is 2.33 bits per heavy atom. The standard InChI is InChI=1S/C8H18N2O2/c1-2-7(11)6-10-5-3-4-8(9)12/h7,10-11H,2-6H2,1H3,(H2,9,12). The van der Waals surface area contributed by atoms with Crippen molar-refractivity contribution in [3.63, 3.8) is 0 Å². The quantitative estimate of drug-likeness (QED) is 0.460. The molecular formula is C8H18N2O2. The first-order valence-corrected chi connectivity index (χ1v) is 4.34. The minimum absolute atomic E-state index is 0.271. The molecule has 0 aliphatic heterocycles. The summed E-state index contributed by atoms with van der Waals surface area (Å²) in [6.07, 6.45) is 1.63. The van der Waals surface area contributed by atoms with Crippen molar-refractivity contribution < 1.29 is 9.90 Å². The van der Waals surface area contributed by atoms with Crippen LogP contribution < -0.4 is 11.1 Å². The zero-order chi connectivity index (χ0) is 9.40. The molecule has 1 amide bonds. The van der Waals surface area contributed by atoms with Gasteiger partial charge in [0, 0.05) is 13.0 Å². The van der Waals surface area contributed by atoms with Gasteiger partial charge in [-0.1, -0.05) is 6.92 Å². The molecule has 4 nitrogen and oxygen atoms in total. The fourth-order valence-corrected chi connectivity index (χ4v) is 0.801. The second kappa shape index (κ2) is 7.06. The van der Waals surface area contributed by atoms with Crippen LogP contribution in [0.3, 0.4) is 0 Å². The fourth-order valence-electron chi connectivity index (χ4n) is 0.801. The summed E-state index contributed by atoms with van der Waals surface area (Å²) in [5.74, 6) is -0.271. The van der Waals surface area contributed by atoms with Crippen LogP contribution in [0.1, 0.15) is 26.2 Å². The summed E-state index contributed by atoms with van der Waals surface area (Å²) < 4.78 is 0. The fraction of sp³-hybridized carbons (Fsp3) is 0.875. The van der Waals surface area contributed by atoms with Gasteiger partial charge in [0.15, 0.2) is 0 Å². The molecule has 0 aliphatic rings. The molecule has 72 valence electrons. The van der Waals surface area contributed by atoms with Crippen LogP contribution in [0.15, 0.2) is 0 Å². The zero-order valence-electron chi connectivity index (χ0n) is 7.55. The number of rotatable bonds is 7. The van der Waals surface area contributed by atoms with Crippen LogP contribution in [0.4, 0.5) is 0 Å². The van der Waals surface area contributed by atoms with Crippen molar-refractivity contribution in [1.82, 2.24) is 5.32 Å². The second-order valence-electron chi connectivity index (χ2n) is 2.84. The highest BCUT2D eigenvalue weighted by atomic mass is 16.3. The van der Waals surface area contributed by atoms with Crippen molar-refractivity contribution in [1.29, 1.82) is 0 Å². The van der Waals surface area contributed by atoms with Crippen LogP contribution in [-0.4, -0.2) is 30.2 Å². The van der Waals surface area contributed by atoms with E-state index in [1.165, 1.54) is 0 Å². The predicted molar refractivity (Wildman–Crippen MR) is 47.6 cm³/mol. The van der Waals surface area contributed by atoms with E-state index in [4.69, 9.17) is 10.8 Å². The first kappa shape index (κ1) is 11.4. The summed E-state index contributed by atoms with van der Waals surface area (Å²) in [5, 5.41) is 12.1. The lowest BCUT2D eigenvalue weighted by Gasteiger charge is -2.08. The molecule has 0 radical (unpaired) electrons. The molecule has 0 aliphatic carbocycles. The smallest absolute Gasteiger partial charge is 0.217 e. The molecule has 4 N–H and O–H groups in total. The molecule has 0 aromatic heterocycles. The van der Waals surface area contributed by atoms with E-state index in [1.54, 1.807) is 0 Å². The van der Waals surface area contributed by atoms with E-state index in [-0.39, 0.29) is 12.0 Å². The van der Waals surface area contributed by atoms with Crippen molar-refractivity contribution >= 4 is 5.91 Å². The van der Waals surface area contributed by atoms with Crippen molar-refractivity contribution in [3.8, 4) is 0 Å². The molecule has 0 aromatic rings. The molecule has 0 heterocycles. The Hall–Kier alpha value is -0.610. The van der Waals surface area contributed by atoms with Crippen LogP contribution in [-0.2, 0) is 4.79 Å². The number of nitrogens with two attached hydrogens (primary N) is 1. The lowest BCUT2D eigenvalue weighted by Crippen LogP contribution is -2.27. The van der Waals surface area contributed by atoms with Crippen molar-refractivity contribution in [2.45, 2.75) is 32.3 Å². The zero-order valence-corrected chi connectivity index (χ0v) is 7.55. The van der Waals surface area contributed by atoms with Gasteiger partial charge in [-0.25, -0.2) is 0 Å². The molecule has 0 aromatic carbocycles. The molecule has 0 bridgehead atoms. The normalized spacial score (nSPS) is 12.8. The van der Waals surface area contributed by atoms with Gasteiger partial charge in [0.1, 0.15) is 0 Å². The number of nitrogens with one attached hydrogen (secondary N) is 1. The number of hydrogen-bond acceptors (Lipinski definition) is 3. The Morgan fingerprint density at radius 1 is 1.67 bits per heavy atom. The molecule has 0 spiro atoms. The third-order valence-electron chi connectivity index (χ3n) is 1.63. The van der Waals surface area contributed by atoms with E-state index >= 15 is 0 Å². The summed E-state index contributed by atoms with van der Waals surface area (Å²) in [7, 11) is 0. The largest absolute Gasteiger partial charge is 0.392 e. The van der Waals surface area contributed by atoms with Gasteiger partial charge in [-0.15, -0.1) is 0 Å². The van der Waals surface area contributed by atoms with Gasteiger partial charge in [-0.2, -0.15) is 0 Å². The van der Waals surface area contributed by atoms with Crippen LogP contribution in [0.2, 0.25) is 0 Å². The van der Waals surface area contributed by atoms with Crippen LogP contribution in [0.5, 0.6) is 0 Å². The average molecular weight is 174 g/mol. The number of primary amides is 1. The van der Waals surface area contributed by atoms with E-state index in [9.17, 15) is 4.79 Å². The number of hydrogen-bond donors (Lipinski definition) is 3. The van der Waals surface area contributed by atoms with E-state index in [0.29, 0.717) is 13.0 Å². The Morgan fingerprint density at radius 3 is 2.83 bits per heavy atom. The molecule has 0 saturated carbocycles. The molecular weight excluding hydrogens is 156 g/mol. The first-order chi connectivity index (χ1) is 5.66. The lowest BCUT2D eigenvalue weighted by molar-refractivity contribution is -0.118. The summed E-state index contributed by atoms with van der Waals surface area (Å²) in [5.41, 5.74) is 4.94.